The number of aromatic hydroxyl groups is 1. The van der Waals surface area contributed by atoms with E-state index in [4.69, 9.17) is 9.47 Å². The van der Waals surface area contributed by atoms with E-state index in [1.165, 1.54) is 12.0 Å². The van der Waals surface area contributed by atoms with Crippen LogP contribution in [0.15, 0.2) is 139 Å². The number of anilines is 3. The predicted octanol–water partition coefficient (Wildman–Crippen LogP) is 8.62. The molecule has 4 atom stereocenters. The molecule has 1 fully saturated rings. The van der Waals surface area contributed by atoms with E-state index in [1.807, 2.05) is 115 Å². The van der Waals surface area contributed by atoms with Crippen LogP contribution in [0.25, 0.3) is 11.6 Å². The molecule has 10 heteroatoms. The topological polar surface area (TPSA) is 129 Å². The highest BCUT2D eigenvalue weighted by Crippen LogP contribution is 2.48. The van der Waals surface area contributed by atoms with E-state index in [-0.39, 0.29) is 31.1 Å². The molecule has 1 aliphatic heterocycles. The van der Waals surface area contributed by atoms with Gasteiger partial charge in [0, 0.05) is 17.3 Å². The third-order valence-corrected chi connectivity index (χ3v) is 11.3. The standard InChI is InChI=1S/C46H43IN2O7/c1-55-41-25-29(24-39(47)44(41)52)23-31(30-11-5-2-6-12-30)17-22-40(51)42-32(28-56-36-15-9-4-10-16-36)26-37-43(38(42)27-50)46(54)49(45(37)53)35-20-18-34(19-21-35)48-33-13-7-3-8-14-33/h2-16,18-21,23-25,37-38,40,43,48,50-52H,17,22,26-28H2,1H3/b31-23-/t37-,38+,40-,43-/m1/s1. The molecule has 7 rings (SSSR count). The monoisotopic (exact) mass is 862 g/mol. The zero-order chi connectivity index (χ0) is 39.2. The Morgan fingerprint density at radius 1 is 0.893 bits per heavy atom. The summed E-state index contributed by atoms with van der Waals surface area (Å²) in [4.78, 5) is 29.7. The minimum Gasteiger partial charge on any atom is -0.504 e. The van der Waals surface area contributed by atoms with Crippen LogP contribution in [0.2, 0.25) is 0 Å². The summed E-state index contributed by atoms with van der Waals surface area (Å²) in [6.45, 7) is -0.340. The van der Waals surface area contributed by atoms with E-state index in [0.29, 0.717) is 38.3 Å². The first-order chi connectivity index (χ1) is 27.2. The van der Waals surface area contributed by atoms with Crippen molar-refractivity contribution in [1.82, 2.24) is 0 Å². The number of fused-ring (bicyclic) bond motifs is 1. The second-order valence-electron chi connectivity index (χ2n) is 14.0. The van der Waals surface area contributed by atoms with Crippen molar-refractivity contribution in [2.24, 2.45) is 17.8 Å². The molecule has 5 aromatic carbocycles. The van der Waals surface area contributed by atoms with Crippen LogP contribution in [0.4, 0.5) is 17.1 Å². The van der Waals surface area contributed by atoms with Crippen molar-refractivity contribution in [2.75, 3.05) is 30.5 Å². The van der Waals surface area contributed by atoms with Gasteiger partial charge >= 0.3 is 0 Å². The molecule has 286 valence electrons. The molecule has 1 heterocycles. The Hall–Kier alpha value is -5.43. The fourth-order valence-corrected chi connectivity index (χ4v) is 8.47. The Kier molecular flexibility index (Phi) is 12.2. The maximum absolute atomic E-state index is 14.3. The Balaban J connectivity index is 1.19. The Morgan fingerprint density at radius 2 is 1.54 bits per heavy atom. The normalized spacial score (nSPS) is 18.8. The SMILES string of the molecule is COc1cc(/C=C(/CC[C@@H](O)C2=C(COc3ccccc3)C[C@H]3C(=O)N(c4ccc(Nc5ccccc5)cc4)C(=O)[C@H]3[C@H]2CO)c2ccccc2)cc(I)c1O. The van der Waals surface area contributed by atoms with Gasteiger partial charge in [-0.05, 0) is 130 Å². The van der Waals surface area contributed by atoms with Gasteiger partial charge in [0.2, 0.25) is 11.8 Å². The van der Waals surface area contributed by atoms with Gasteiger partial charge in [-0.2, -0.15) is 0 Å². The number of amides is 2. The van der Waals surface area contributed by atoms with Crippen LogP contribution in [-0.2, 0) is 9.59 Å². The number of imide groups is 1. The largest absolute Gasteiger partial charge is 0.504 e. The number of benzene rings is 5. The lowest BCUT2D eigenvalue weighted by atomic mass is 9.68. The van der Waals surface area contributed by atoms with E-state index in [0.717, 1.165) is 28.1 Å². The van der Waals surface area contributed by atoms with Gasteiger partial charge in [0.15, 0.2) is 11.5 Å². The number of carbonyl (C=O) groups excluding carboxylic acids is 2. The highest BCUT2D eigenvalue weighted by Gasteiger charge is 2.55. The van der Waals surface area contributed by atoms with Gasteiger partial charge in [-0.25, -0.2) is 0 Å². The first kappa shape index (κ1) is 38.8. The van der Waals surface area contributed by atoms with Crippen LogP contribution >= 0.6 is 22.6 Å². The van der Waals surface area contributed by atoms with Crippen LogP contribution in [0.1, 0.15) is 30.4 Å². The van der Waals surface area contributed by atoms with Crippen molar-refractivity contribution in [3.8, 4) is 17.2 Å². The molecule has 4 N–H and O–H groups in total. The fraction of sp³-hybridized carbons (Fsp3) is 0.217. The van der Waals surface area contributed by atoms with Gasteiger partial charge in [-0.15, -0.1) is 0 Å². The maximum Gasteiger partial charge on any atom is 0.238 e. The molecule has 0 spiro atoms. The van der Waals surface area contributed by atoms with E-state index in [9.17, 15) is 24.9 Å². The number of para-hydroxylation sites is 2. The minimum atomic E-state index is -1.05. The number of rotatable bonds is 14. The highest BCUT2D eigenvalue weighted by molar-refractivity contribution is 14.1. The molecule has 0 radical (unpaired) electrons. The van der Waals surface area contributed by atoms with E-state index in [1.54, 1.807) is 18.2 Å². The number of hydrogen-bond acceptors (Lipinski definition) is 8. The number of phenols is 1. The first-order valence-corrected chi connectivity index (χ1v) is 19.6. The number of methoxy groups -OCH3 is 1. The summed E-state index contributed by atoms with van der Waals surface area (Å²) in [6.07, 6.45) is 1.88. The third kappa shape index (κ3) is 8.37. The van der Waals surface area contributed by atoms with Crippen LogP contribution in [0, 0.1) is 21.3 Å². The molecular weight excluding hydrogens is 819 g/mol. The number of nitrogens with zero attached hydrogens (tertiary/aromatic N) is 1. The lowest BCUT2D eigenvalue weighted by Gasteiger charge is -2.36. The second-order valence-corrected chi connectivity index (χ2v) is 15.1. The van der Waals surface area contributed by atoms with Crippen molar-refractivity contribution in [3.05, 3.63) is 153 Å². The van der Waals surface area contributed by atoms with Gasteiger partial charge in [0.05, 0.1) is 40.9 Å². The van der Waals surface area contributed by atoms with Crippen LogP contribution in [0.3, 0.4) is 0 Å². The van der Waals surface area contributed by atoms with Gasteiger partial charge in [0.25, 0.3) is 0 Å². The highest BCUT2D eigenvalue weighted by atomic mass is 127. The number of allylic oxidation sites excluding steroid dienone is 1. The fourth-order valence-electron chi connectivity index (χ4n) is 7.85. The average Bonchev–Trinajstić information content (AvgIpc) is 3.48. The van der Waals surface area contributed by atoms with E-state index < -0.39 is 36.4 Å². The molecule has 2 amide bonds. The summed E-state index contributed by atoms with van der Waals surface area (Å²) in [6, 6.07) is 39.6. The number of aliphatic hydroxyl groups excluding tert-OH is 2. The Labute approximate surface area is 340 Å². The maximum atomic E-state index is 14.3. The van der Waals surface area contributed by atoms with Gasteiger partial charge in [0.1, 0.15) is 12.4 Å². The molecule has 2 aliphatic rings. The van der Waals surface area contributed by atoms with Crippen molar-refractivity contribution in [2.45, 2.75) is 25.4 Å². The van der Waals surface area contributed by atoms with Crippen molar-refractivity contribution >= 4 is 63.1 Å². The number of aliphatic hydroxyl groups is 2. The molecule has 0 bridgehead atoms. The molecule has 0 saturated carbocycles. The lowest BCUT2D eigenvalue weighted by Crippen LogP contribution is -2.40. The molecule has 9 nitrogen and oxygen atoms in total. The van der Waals surface area contributed by atoms with E-state index >= 15 is 0 Å². The van der Waals surface area contributed by atoms with Gasteiger partial charge in [-0.3, -0.25) is 14.5 Å². The molecular formula is C46H43IN2O7. The Morgan fingerprint density at radius 3 is 2.20 bits per heavy atom. The minimum absolute atomic E-state index is 0.0698. The predicted molar refractivity (Wildman–Crippen MR) is 227 cm³/mol. The molecule has 1 aliphatic carbocycles. The van der Waals surface area contributed by atoms with Crippen molar-refractivity contribution in [3.63, 3.8) is 0 Å². The zero-order valence-corrected chi connectivity index (χ0v) is 33.0. The summed E-state index contributed by atoms with van der Waals surface area (Å²) >= 11 is 2.07. The van der Waals surface area contributed by atoms with Crippen LogP contribution in [-0.4, -0.2) is 53.6 Å². The quantitative estimate of drug-likeness (QED) is 0.0379. The summed E-state index contributed by atoms with van der Waals surface area (Å²) < 4.78 is 12.3. The average molecular weight is 863 g/mol. The number of nitrogens with one attached hydrogen (secondary N) is 1. The summed E-state index contributed by atoms with van der Waals surface area (Å²) in [5.74, 6) is -2.04. The zero-order valence-electron chi connectivity index (χ0n) is 30.8. The van der Waals surface area contributed by atoms with Crippen LogP contribution < -0.4 is 19.7 Å². The number of halogens is 1. The summed E-state index contributed by atoms with van der Waals surface area (Å²) in [5.41, 5.74) is 6.14. The smallest absolute Gasteiger partial charge is 0.238 e. The lowest BCUT2D eigenvalue weighted by molar-refractivity contribution is -0.123. The van der Waals surface area contributed by atoms with E-state index in [2.05, 4.69) is 27.9 Å². The molecule has 56 heavy (non-hydrogen) atoms. The van der Waals surface area contributed by atoms with Gasteiger partial charge < -0.3 is 30.1 Å². The Bertz CT molecular complexity index is 2230. The number of phenolic OH excluding ortho intramolecular Hbond substituents is 1. The van der Waals surface area contributed by atoms with Gasteiger partial charge in [-0.1, -0.05) is 72.8 Å². The number of carbonyl (C=O) groups is 2. The third-order valence-electron chi connectivity index (χ3n) is 10.5. The van der Waals surface area contributed by atoms with Crippen molar-refractivity contribution < 1.29 is 34.4 Å². The van der Waals surface area contributed by atoms with Crippen molar-refractivity contribution in [1.29, 1.82) is 0 Å². The number of ether oxygens (including phenoxy) is 2. The molecule has 0 unspecified atom stereocenters. The first-order valence-electron chi connectivity index (χ1n) is 18.6. The number of hydrogen-bond donors (Lipinski definition) is 4. The molecule has 0 aromatic heterocycles. The molecule has 1 saturated heterocycles. The molecule has 5 aromatic rings. The summed E-state index contributed by atoms with van der Waals surface area (Å²) in [7, 11) is 1.51. The van der Waals surface area contributed by atoms with Crippen LogP contribution in [0.5, 0.6) is 17.2 Å². The second kappa shape index (κ2) is 17.6. The summed E-state index contributed by atoms with van der Waals surface area (Å²) in [5, 5.41) is 37.0.